The fourth-order valence-electron chi connectivity index (χ4n) is 2.17. The van der Waals surface area contributed by atoms with E-state index in [9.17, 15) is 4.79 Å². The number of likely N-dealkylation sites (N-methyl/N-ethyl adjacent to an activating group) is 1. The van der Waals surface area contributed by atoms with Crippen LogP contribution in [0.1, 0.15) is 33.1 Å². The number of rotatable bonds is 6. The van der Waals surface area contributed by atoms with E-state index in [4.69, 9.17) is 5.11 Å². The molecular weight excluding hydrogens is 204 g/mol. The number of hydrogen-bond acceptors (Lipinski definition) is 3. The molecule has 0 radical (unpaired) electrons. The second-order valence-corrected chi connectivity index (χ2v) is 5.00. The van der Waals surface area contributed by atoms with Crippen molar-refractivity contribution in [3.63, 3.8) is 0 Å². The van der Waals surface area contributed by atoms with Crippen LogP contribution in [0.2, 0.25) is 0 Å². The van der Waals surface area contributed by atoms with Crippen LogP contribution in [0.3, 0.4) is 0 Å². The van der Waals surface area contributed by atoms with Crippen molar-refractivity contribution in [2.75, 3.05) is 26.7 Å². The van der Waals surface area contributed by atoms with Crippen LogP contribution in [0.4, 0.5) is 0 Å². The van der Waals surface area contributed by atoms with E-state index in [1.54, 1.807) is 14.0 Å². The predicted octanol–water partition coefficient (Wildman–Crippen LogP) is 1.17. The summed E-state index contributed by atoms with van der Waals surface area (Å²) in [6, 6.07) is 0. The average molecular weight is 228 g/mol. The maximum Gasteiger partial charge on any atom is 0.323 e. The van der Waals surface area contributed by atoms with E-state index >= 15 is 0 Å². The van der Waals surface area contributed by atoms with E-state index < -0.39 is 11.5 Å². The minimum Gasteiger partial charge on any atom is -0.480 e. The molecule has 0 amide bonds. The standard InChI is InChI=1S/C12H24N2O2/c1-4-10-5-7-14(9-10)8-6-12(2,13-3)11(15)16/h10,13H,4-9H2,1-3H3,(H,15,16). The predicted molar refractivity (Wildman–Crippen MR) is 64.6 cm³/mol. The van der Waals surface area contributed by atoms with Gasteiger partial charge in [0.1, 0.15) is 5.54 Å². The molecule has 2 atom stereocenters. The topological polar surface area (TPSA) is 52.6 Å². The zero-order chi connectivity index (χ0) is 12.2. The molecule has 16 heavy (non-hydrogen) atoms. The molecular formula is C12H24N2O2. The van der Waals surface area contributed by atoms with Crippen LogP contribution in [0.25, 0.3) is 0 Å². The second kappa shape index (κ2) is 5.64. The molecule has 1 saturated heterocycles. The summed E-state index contributed by atoms with van der Waals surface area (Å²) >= 11 is 0. The molecule has 1 heterocycles. The summed E-state index contributed by atoms with van der Waals surface area (Å²) < 4.78 is 0. The summed E-state index contributed by atoms with van der Waals surface area (Å²) in [6.45, 7) is 7.11. The van der Waals surface area contributed by atoms with Gasteiger partial charge in [0, 0.05) is 13.1 Å². The third-order valence-corrected chi connectivity index (χ3v) is 3.90. The molecule has 2 N–H and O–H groups in total. The van der Waals surface area contributed by atoms with Crippen LogP contribution >= 0.6 is 0 Å². The fourth-order valence-corrected chi connectivity index (χ4v) is 2.17. The molecule has 1 aliphatic heterocycles. The van der Waals surface area contributed by atoms with Gasteiger partial charge in [-0.1, -0.05) is 13.3 Å². The lowest BCUT2D eigenvalue weighted by Crippen LogP contribution is -2.49. The number of carbonyl (C=O) groups is 1. The number of nitrogens with zero attached hydrogens (tertiary/aromatic N) is 1. The van der Waals surface area contributed by atoms with E-state index in [2.05, 4.69) is 17.1 Å². The zero-order valence-electron chi connectivity index (χ0n) is 10.6. The fraction of sp³-hybridized carbons (Fsp3) is 0.917. The number of aliphatic carboxylic acids is 1. The molecule has 1 fully saturated rings. The third-order valence-electron chi connectivity index (χ3n) is 3.90. The highest BCUT2D eigenvalue weighted by Gasteiger charge is 2.32. The van der Waals surface area contributed by atoms with Gasteiger partial charge in [0.2, 0.25) is 0 Å². The molecule has 94 valence electrons. The molecule has 0 aromatic rings. The first-order valence-electron chi connectivity index (χ1n) is 6.16. The van der Waals surface area contributed by atoms with Crippen LogP contribution in [0.5, 0.6) is 0 Å². The Morgan fingerprint density at radius 3 is 2.75 bits per heavy atom. The summed E-state index contributed by atoms with van der Waals surface area (Å²) in [6.07, 6.45) is 3.16. The largest absolute Gasteiger partial charge is 0.480 e. The van der Waals surface area contributed by atoms with Gasteiger partial charge in [-0.15, -0.1) is 0 Å². The molecule has 1 rings (SSSR count). The van der Waals surface area contributed by atoms with Gasteiger partial charge in [-0.3, -0.25) is 4.79 Å². The van der Waals surface area contributed by atoms with E-state index in [0.29, 0.717) is 6.42 Å². The summed E-state index contributed by atoms with van der Waals surface area (Å²) in [5, 5.41) is 12.0. The van der Waals surface area contributed by atoms with E-state index in [-0.39, 0.29) is 0 Å². The van der Waals surface area contributed by atoms with Crippen molar-refractivity contribution in [1.82, 2.24) is 10.2 Å². The Morgan fingerprint density at radius 1 is 1.62 bits per heavy atom. The normalized spacial score (nSPS) is 25.6. The number of nitrogens with one attached hydrogen (secondary N) is 1. The number of likely N-dealkylation sites (tertiary alicyclic amines) is 1. The SMILES string of the molecule is CCC1CCN(CCC(C)(NC)C(=O)O)C1. The molecule has 4 nitrogen and oxygen atoms in total. The van der Waals surface area contributed by atoms with Crippen molar-refractivity contribution in [2.45, 2.75) is 38.6 Å². The Morgan fingerprint density at radius 2 is 2.31 bits per heavy atom. The maximum atomic E-state index is 11.1. The third kappa shape index (κ3) is 3.19. The highest BCUT2D eigenvalue weighted by molar-refractivity contribution is 5.78. The lowest BCUT2D eigenvalue weighted by atomic mass is 9.98. The second-order valence-electron chi connectivity index (χ2n) is 5.00. The summed E-state index contributed by atoms with van der Waals surface area (Å²) in [7, 11) is 1.72. The average Bonchev–Trinajstić information content (AvgIpc) is 2.73. The molecule has 1 aliphatic rings. The minimum atomic E-state index is -0.787. The zero-order valence-corrected chi connectivity index (χ0v) is 10.6. The first-order chi connectivity index (χ1) is 7.51. The van der Waals surface area contributed by atoms with Crippen molar-refractivity contribution in [1.29, 1.82) is 0 Å². The first kappa shape index (κ1) is 13.5. The Hall–Kier alpha value is -0.610. The minimum absolute atomic E-state index is 0.662. The number of carboxylic acids is 1. The van der Waals surface area contributed by atoms with Gasteiger partial charge < -0.3 is 15.3 Å². The molecule has 4 heteroatoms. The first-order valence-corrected chi connectivity index (χ1v) is 6.16. The summed E-state index contributed by atoms with van der Waals surface area (Å²) in [5.74, 6) is 0.0481. The summed E-state index contributed by atoms with van der Waals surface area (Å²) in [5.41, 5.74) is -0.787. The Kier molecular flexibility index (Phi) is 4.74. The lowest BCUT2D eigenvalue weighted by Gasteiger charge is -2.27. The molecule has 0 aliphatic carbocycles. The van der Waals surface area contributed by atoms with Crippen LogP contribution in [-0.2, 0) is 4.79 Å². The van der Waals surface area contributed by atoms with Crippen LogP contribution in [-0.4, -0.2) is 48.2 Å². The van der Waals surface area contributed by atoms with Gasteiger partial charge in [0.25, 0.3) is 0 Å². The highest BCUT2D eigenvalue weighted by Crippen LogP contribution is 2.20. The molecule has 0 bridgehead atoms. The van der Waals surface area contributed by atoms with E-state index in [1.165, 1.54) is 12.8 Å². The Balaban J connectivity index is 2.37. The Bertz CT molecular complexity index is 245. The number of hydrogen-bond donors (Lipinski definition) is 2. The summed E-state index contributed by atoms with van der Waals surface area (Å²) in [4.78, 5) is 13.5. The van der Waals surface area contributed by atoms with Crippen molar-refractivity contribution in [2.24, 2.45) is 5.92 Å². The molecule has 0 aromatic carbocycles. The highest BCUT2D eigenvalue weighted by atomic mass is 16.4. The number of carboxylic acid groups (broad SMARTS) is 1. The van der Waals surface area contributed by atoms with Crippen LogP contribution in [0, 0.1) is 5.92 Å². The van der Waals surface area contributed by atoms with Gasteiger partial charge in [0.05, 0.1) is 0 Å². The van der Waals surface area contributed by atoms with Gasteiger partial charge in [-0.2, -0.15) is 0 Å². The van der Waals surface area contributed by atoms with Crippen molar-refractivity contribution < 1.29 is 9.90 Å². The van der Waals surface area contributed by atoms with Gasteiger partial charge in [0.15, 0.2) is 0 Å². The van der Waals surface area contributed by atoms with Crippen molar-refractivity contribution in [3.05, 3.63) is 0 Å². The quantitative estimate of drug-likeness (QED) is 0.716. The molecule has 0 saturated carbocycles. The van der Waals surface area contributed by atoms with Gasteiger partial charge in [-0.25, -0.2) is 0 Å². The lowest BCUT2D eigenvalue weighted by molar-refractivity contribution is -0.144. The maximum absolute atomic E-state index is 11.1. The molecule has 0 spiro atoms. The van der Waals surface area contributed by atoms with Crippen molar-refractivity contribution in [3.8, 4) is 0 Å². The Labute approximate surface area is 98.0 Å². The van der Waals surface area contributed by atoms with Crippen molar-refractivity contribution >= 4 is 5.97 Å². The monoisotopic (exact) mass is 228 g/mol. The molecule has 0 aromatic heterocycles. The van der Waals surface area contributed by atoms with E-state index in [1.807, 2.05) is 0 Å². The van der Waals surface area contributed by atoms with E-state index in [0.717, 1.165) is 25.6 Å². The van der Waals surface area contributed by atoms with Crippen LogP contribution < -0.4 is 5.32 Å². The van der Waals surface area contributed by atoms with Gasteiger partial charge in [-0.05, 0) is 39.3 Å². The molecule has 2 unspecified atom stereocenters. The smallest absolute Gasteiger partial charge is 0.323 e. The van der Waals surface area contributed by atoms with Crippen LogP contribution in [0.15, 0.2) is 0 Å². The van der Waals surface area contributed by atoms with Gasteiger partial charge >= 0.3 is 5.97 Å².